The van der Waals surface area contributed by atoms with Crippen molar-refractivity contribution in [3.63, 3.8) is 0 Å². The Balaban J connectivity index is 1.32. The number of aliphatic hydroxyl groups excluding tert-OH is 1. The molecule has 0 radical (unpaired) electrons. The Morgan fingerprint density at radius 2 is 1.94 bits per heavy atom. The normalized spacial score (nSPS) is 15.9. The monoisotopic (exact) mass is 541 g/mol. The number of carbonyl (C=O) groups excluding carboxylic acids is 1. The van der Waals surface area contributed by atoms with Crippen molar-refractivity contribution in [2.24, 2.45) is 0 Å². The third-order valence-corrected chi connectivity index (χ3v) is 7.87. The first-order chi connectivity index (χ1) is 17.5. The molecule has 2 heterocycles. The summed E-state index contributed by atoms with van der Waals surface area (Å²) in [6.45, 7) is 3.08. The predicted molar refractivity (Wildman–Crippen MR) is 147 cm³/mol. The molecule has 3 aromatic carbocycles. The second-order valence-corrected chi connectivity index (χ2v) is 10.3. The van der Waals surface area contributed by atoms with Gasteiger partial charge in [0, 0.05) is 41.7 Å². The van der Waals surface area contributed by atoms with Crippen LogP contribution in [0.4, 0.5) is 11.5 Å². The van der Waals surface area contributed by atoms with Crippen molar-refractivity contribution in [3.8, 4) is 16.9 Å². The molecule has 1 atom stereocenters. The first kappa shape index (κ1) is 25.0. The van der Waals surface area contributed by atoms with E-state index in [2.05, 4.69) is 14.6 Å². The summed E-state index contributed by atoms with van der Waals surface area (Å²) in [6, 6.07) is 16.9. The molecular formula is C27H25Cl2N3O3S. The van der Waals surface area contributed by atoms with E-state index in [0.717, 1.165) is 60.0 Å². The van der Waals surface area contributed by atoms with Crippen LogP contribution in [0, 0.1) is 0 Å². The molecule has 0 aliphatic carbocycles. The van der Waals surface area contributed by atoms with Crippen molar-refractivity contribution in [1.29, 1.82) is 0 Å². The molecule has 9 heteroatoms. The molecule has 5 rings (SSSR count). The number of halogens is 2. The van der Waals surface area contributed by atoms with Gasteiger partial charge in [0.2, 0.25) is 0 Å². The molecule has 0 amide bonds. The van der Waals surface area contributed by atoms with Crippen LogP contribution in [0.5, 0.6) is 5.75 Å². The molecular weight excluding hydrogens is 517 g/mol. The molecule has 1 aliphatic rings. The molecule has 6 nitrogen and oxygen atoms in total. The van der Waals surface area contributed by atoms with Crippen LogP contribution in [0.3, 0.4) is 0 Å². The zero-order valence-corrected chi connectivity index (χ0v) is 21.7. The van der Waals surface area contributed by atoms with E-state index in [1.165, 1.54) is 11.5 Å². The number of β-amino-alcohol motifs (C(OH)–C–C–N with tert-alkyl or cyclic N) is 1. The number of aliphatic hydroxyl groups is 1. The van der Waals surface area contributed by atoms with Gasteiger partial charge in [-0.1, -0.05) is 53.5 Å². The van der Waals surface area contributed by atoms with Gasteiger partial charge in [-0.05, 0) is 48.6 Å². The van der Waals surface area contributed by atoms with Crippen LogP contribution in [0.2, 0.25) is 10.0 Å². The van der Waals surface area contributed by atoms with Gasteiger partial charge >= 0.3 is 0 Å². The molecule has 1 saturated heterocycles. The smallest absolute Gasteiger partial charge is 0.152 e. The van der Waals surface area contributed by atoms with E-state index in [-0.39, 0.29) is 6.10 Å². The highest BCUT2D eigenvalue weighted by Gasteiger charge is 2.20. The summed E-state index contributed by atoms with van der Waals surface area (Å²) in [4.78, 5) is 13.3. The number of carbonyl (C=O) groups is 1. The summed E-state index contributed by atoms with van der Waals surface area (Å²) < 4.78 is 11.4. The first-order valence-electron chi connectivity index (χ1n) is 11.8. The van der Waals surface area contributed by atoms with E-state index < -0.39 is 0 Å². The maximum Gasteiger partial charge on any atom is 0.152 e. The van der Waals surface area contributed by atoms with Gasteiger partial charge in [0.25, 0.3) is 0 Å². The zero-order valence-electron chi connectivity index (χ0n) is 19.4. The van der Waals surface area contributed by atoms with Crippen LogP contribution in [-0.4, -0.2) is 53.0 Å². The van der Waals surface area contributed by atoms with Gasteiger partial charge in [-0.25, -0.2) is 0 Å². The summed E-state index contributed by atoms with van der Waals surface area (Å²) >= 11 is 14.9. The van der Waals surface area contributed by atoms with Crippen LogP contribution in [0.25, 0.3) is 21.2 Å². The molecule has 1 aromatic heterocycles. The zero-order chi connectivity index (χ0) is 25.1. The molecule has 2 N–H and O–H groups in total. The fourth-order valence-corrected chi connectivity index (χ4v) is 5.74. The highest BCUT2D eigenvalue weighted by molar-refractivity contribution is 7.13. The van der Waals surface area contributed by atoms with Crippen LogP contribution in [0.15, 0.2) is 54.6 Å². The predicted octanol–water partition coefficient (Wildman–Crippen LogP) is 6.66. The van der Waals surface area contributed by atoms with Crippen LogP contribution in [0.1, 0.15) is 23.2 Å². The Morgan fingerprint density at radius 3 is 2.72 bits per heavy atom. The SMILES string of the molecule is O=Cc1ccc2c(Nc3cccc(-c4cccc(OCCCN5CCC(O)C5)c4Cl)c3Cl)nsc2c1. The summed E-state index contributed by atoms with van der Waals surface area (Å²) in [6.07, 6.45) is 2.30. The third-order valence-electron chi connectivity index (χ3n) is 6.26. The highest BCUT2D eigenvalue weighted by Crippen LogP contribution is 2.42. The van der Waals surface area contributed by atoms with Crippen LogP contribution in [-0.2, 0) is 0 Å². The van der Waals surface area contributed by atoms with Crippen molar-refractivity contribution in [2.45, 2.75) is 18.9 Å². The Hall–Kier alpha value is -2.68. The molecule has 1 aliphatic heterocycles. The van der Waals surface area contributed by atoms with Gasteiger partial charge in [-0.15, -0.1) is 0 Å². The fourth-order valence-electron chi connectivity index (χ4n) is 4.40. The molecule has 36 heavy (non-hydrogen) atoms. The number of ether oxygens (including phenoxy) is 1. The topological polar surface area (TPSA) is 74.7 Å². The number of nitrogens with one attached hydrogen (secondary N) is 1. The van der Waals surface area contributed by atoms with Gasteiger partial charge in [0.1, 0.15) is 12.0 Å². The minimum atomic E-state index is -0.211. The van der Waals surface area contributed by atoms with E-state index in [0.29, 0.717) is 39.5 Å². The molecule has 0 saturated carbocycles. The lowest BCUT2D eigenvalue weighted by atomic mass is 10.0. The van der Waals surface area contributed by atoms with E-state index in [9.17, 15) is 9.90 Å². The molecule has 186 valence electrons. The standard InChI is InChI=1S/C27H25Cl2N3O3S/c28-25-19(4-1-6-22(25)30-27-21-9-8-17(16-33)14-24(21)36-31-27)20-5-2-7-23(26(20)29)35-13-3-11-32-12-10-18(34)15-32/h1-2,4-9,14,16,18,34H,3,10-13,15H2,(H,30,31). The fraction of sp³-hybridized carbons (Fsp3) is 0.259. The Morgan fingerprint density at radius 1 is 1.14 bits per heavy atom. The molecule has 4 aromatic rings. The van der Waals surface area contributed by atoms with Crippen molar-refractivity contribution in [3.05, 3.63) is 70.2 Å². The number of anilines is 2. The Bertz CT molecular complexity index is 1390. The van der Waals surface area contributed by atoms with Crippen molar-refractivity contribution in [1.82, 2.24) is 9.27 Å². The minimum absolute atomic E-state index is 0.211. The summed E-state index contributed by atoms with van der Waals surface area (Å²) in [5.41, 5.74) is 2.88. The number of aromatic nitrogens is 1. The second kappa shape index (κ2) is 11.2. The number of nitrogens with zero attached hydrogens (tertiary/aromatic N) is 2. The Kier molecular flexibility index (Phi) is 7.74. The maximum atomic E-state index is 11.1. The average Bonchev–Trinajstić information content (AvgIpc) is 3.49. The average molecular weight is 542 g/mol. The summed E-state index contributed by atoms with van der Waals surface area (Å²) in [7, 11) is 0. The van der Waals surface area contributed by atoms with Crippen molar-refractivity contribution < 1.29 is 14.6 Å². The van der Waals surface area contributed by atoms with Crippen molar-refractivity contribution in [2.75, 3.05) is 31.6 Å². The largest absolute Gasteiger partial charge is 0.492 e. The lowest BCUT2D eigenvalue weighted by Crippen LogP contribution is -2.24. The maximum absolute atomic E-state index is 11.1. The lowest BCUT2D eigenvalue weighted by Gasteiger charge is -2.16. The molecule has 1 unspecified atom stereocenters. The Labute approximate surface area is 223 Å². The second-order valence-electron chi connectivity index (χ2n) is 8.76. The number of rotatable bonds is 9. The van der Waals surface area contributed by atoms with Crippen molar-refractivity contribution >= 4 is 62.6 Å². The van der Waals surface area contributed by atoms with Gasteiger partial charge in [-0.3, -0.25) is 4.79 Å². The van der Waals surface area contributed by atoms with E-state index >= 15 is 0 Å². The van der Waals surface area contributed by atoms with E-state index in [4.69, 9.17) is 27.9 Å². The van der Waals surface area contributed by atoms with Crippen LogP contribution < -0.4 is 10.1 Å². The molecule has 0 bridgehead atoms. The van der Waals surface area contributed by atoms with Gasteiger partial charge < -0.3 is 20.1 Å². The van der Waals surface area contributed by atoms with Crippen LogP contribution >= 0.6 is 34.7 Å². The number of fused-ring (bicyclic) bond motifs is 1. The highest BCUT2D eigenvalue weighted by atomic mass is 35.5. The lowest BCUT2D eigenvalue weighted by molar-refractivity contribution is 0.112. The van der Waals surface area contributed by atoms with E-state index in [1.54, 1.807) is 6.07 Å². The number of hydrogen-bond donors (Lipinski definition) is 2. The quantitative estimate of drug-likeness (QED) is 0.182. The third kappa shape index (κ3) is 5.36. The molecule has 1 fully saturated rings. The van der Waals surface area contributed by atoms with Gasteiger partial charge in [0.15, 0.2) is 5.82 Å². The van der Waals surface area contributed by atoms with Gasteiger partial charge in [-0.2, -0.15) is 4.37 Å². The number of likely N-dealkylation sites (tertiary alicyclic amines) is 1. The number of hydrogen-bond acceptors (Lipinski definition) is 7. The first-order valence-corrected chi connectivity index (χ1v) is 13.3. The van der Waals surface area contributed by atoms with E-state index in [1.807, 2.05) is 48.5 Å². The van der Waals surface area contributed by atoms with Gasteiger partial charge in [0.05, 0.1) is 33.1 Å². The summed E-state index contributed by atoms with van der Waals surface area (Å²) in [5, 5.41) is 15.0. The minimum Gasteiger partial charge on any atom is -0.492 e. The molecule has 0 spiro atoms. The summed E-state index contributed by atoms with van der Waals surface area (Å²) in [5.74, 6) is 1.29. The number of benzene rings is 3. The number of aldehydes is 1.